The van der Waals surface area contributed by atoms with E-state index in [4.69, 9.17) is 11.6 Å². The lowest BCUT2D eigenvalue weighted by Crippen LogP contribution is -1.85. The van der Waals surface area contributed by atoms with Crippen LogP contribution < -0.4 is 0 Å². The van der Waals surface area contributed by atoms with E-state index in [1.165, 1.54) is 0 Å². The summed E-state index contributed by atoms with van der Waals surface area (Å²) in [6, 6.07) is 7.04. The van der Waals surface area contributed by atoms with E-state index in [9.17, 15) is 4.79 Å². The number of aromatic amines is 1. The minimum absolute atomic E-state index is 0.298. The number of halogens is 1. The van der Waals surface area contributed by atoms with Crippen molar-refractivity contribution < 1.29 is 4.79 Å². The van der Waals surface area contributed by atoms with Gasteiger partial charge in [0.05, 0.1) is 0 Å². The number of carbonyl (C=O) groups is 1. The molecule has 1 heterocycles. The predicted molar refractivity (Wildman–Crippen MR) is 52.2 cm³/mol. The standard InChI is InChI=1S/C9H6ClN3O/c10-7-3-1-6(2-4-7)9-8(5-14)11-13-12-9/h1-5H,(H,11,12,13). The zero-order valence-corrected chi connectivity index (χ0v) is 7.82. The molecule has 2 aromatic rings. The molecule has 14 heavy (non-hydrogen) atoms. The maximum Gasteiger partial charge on any atom is 0.172 e. The molecule has 0 aliphatic rings. The predicted octanol–water partition coefficient (Wildman–Crippen LogP) is 1.94. The van der Waals surface area contributed by atoms with Gasteiger partial charge in [-0.05, 0) is 12.1 Å². The van der Waals surface area contributed by atoms with E-state index in [0.717, 1.165) is 5.56 Å². The normalized spacial score (nSPS) is 10.1. The highest BCUT2D eigenvalue weighted by Crippen LogP contribution is 2.20. The van der Waals surface area contributed by atoms with Crippen LogP contribution in [0.1, 0.15) is 10.5 Å². The minimum atomic E-state index is 0.298. The quantitative estimate of drug-likeness (QED) is 0.766. The summed E-state index contributed by atoms with van der Waals surface area (Å²) >= 11 is 5.73. The third-order valence-corrected chi connectivity index (χ3v) is 2.06. The number of nitrogens with zero attached hydrogens (tertiary/aromatic N) is 2. The summed E-state index contributed by atoms with van der Waals surface area (Å²) < 4.78 is 0. The Labute approximate surface area is 84.9 Å². The molecule has 1 N–H and O–H groups in total. The highest BCUT2D eigenvalue weighted by molar-refractivity contribution is 6.30. The zero-order chi connectivity index (χ0) is 9.97. The second-order valence-electron chi connectivity index (χ2n) is 2.68. The Kier molecular flexibility index (Phi) is 2.28. The molecule has 5 heteroatoms. The Morgan fingerprint density at radius 3 is 2.57 bits per heavy atom. The van der Waals surface area contributed by atoms with Crippen molar-refractivity contribution in [3.8, 4) is 11.3 Å². The first-order chi connectivity index (χ1) is 6.81. The van der Waals surface area contributed by atoms with Crippen molar-refractivity contribution in [2.24, 2.45) is 0 Å². The fourth-order valence-corrected chi connectivity index (χ4v) is 1.27. The lowest BCUT2D eigenvalue weighted by Gasteiger charge is -1.95. The van der Waals surface area contributed by atoms with E-state index in [0.29, 0.717) is 22.7 Å². The van der Waals surface area contributed by atoms with Gasteiger partial charge in [0.15, 0.2) is 12.0 Å². The van der Waals surface area contributed by atoms with Crippen LogP contribution in [-0.2, 0) is 0 Å². The number of aldehydes is 1. The summed E-state index contributed by atoms with van der Waals surface area (Å²) in [6.07, 6.45) is 0.660. The molecule has 0 saturated heterocycles. The van der Waals surface area contributed by atoms with Crippen LogP contribution >= 0.6 is 11.6 Å². The van der Waals surface area contributed by atoms with E-state index in [2.05, 4.69) is 15.4 Å². The highest BCUT2D eigenvalue weighted by Gasteiger charge is 2.08. The summed E-state index contributed by atoms with van der Waals surface area (Å²) in [5.74, 6) is 0. The van der Waals surface area contributed by atoms with Crippen LogP contribution in [0, 0.1) is 0 Å². The molecule has 0 fully saturated rings. The van der Waals surface area contributed by atoms with Gasteiger partial charge in [-0.25, -0.2) is 0 Å². The Morgan fingerprint density at radius 2 is 1.93 bits per heavy atom. The molecule has 0 amide bonds. The van der Waals surface area contributed by atoms with Gasteiger partial charge in [-0.1, -0.05) is 23.7 Å². The van der Waals surface area contributed by atoms with E-state index in [-0.39, 0.29) is 0 Å². The summed E-state index contributed by atoms with van der Waals surface area (Å²) in [5, 5.41) is 10.6. The molecule has 0 unspecified atom stereocenters. The first kappa shape index (κ1) is 8.90. The molecule has 0 aliphatic heterocycles. The van der Waals surface area contributed by atoms with Gasteiger partial charge >= 0.3 is 0 Å². The average molecular weight is 208 g/mol. The van der Waals surface area contributed by atoms with E-state index in [1.54, 1.807) is 24.3 Å². The summed E-state index contributed by atoms with van der Waals surface area (Å²) in [6.45, 7) is 0. The van der Waals surface area contributed by atoms with Gasteiger partial charge in [0.25, 0.3) is 0 Å². The number of rotatable bonds is 2. The number of benzene rings is 1. The number of hydrogen-bond donors (Lipinski definition) is 1. The molecule has 0 bridgehead atoms. The Morgan fingerprint density at radius 1 is 1.21 bits per heavy atom. The molecule has 2 rings (SSSR count). The number of carbonyl (C=O) groups excluding carboxylic acids is 1. The molecule has 0 aliphatic carbocycles. The van der Waals surface area contributed by atoms with Crippen LogP contribution in [0.3, 0.4) is 0 Å². The van der Waals surface area contributed by atoms with Crippen molar-refractivity contribution in [2.45, 2.75) is 0 Å². The second kappa shape index (κ2) is 3.59. The summed E-state index contributed by atoms with van der Waals surface area (Å²) in [5.41, 5.74) is 1.65. The van der Waals surface area contributed by atoms with Crippen LogP contribution in [-0.4, -0.2) is 21.7 Å². The van der Waals surface area contributed by atoms with Gasteiger partial charge in [-0.3, -0.25) is 4.79 Å². The van der Waals surface area contributed by atoms with Gasteiger partial charge in [0.2, 0.25) is 0 Å². The number of nitrogens with one attached hydrogen (secondary N) is 1. The average Bonchev–Trinajstić information content (AvgIpc) is 2.67. The molecule has 70 valence electrons. The third kappa shape index (κ3) is 1.52. The largest absolute Gasteiger partial charge is 0.296 e. The topological polar surface area (TPSA) is 58.6 Å². The van der Waals surface area contributed by atoms with Crippen LogP contribution in [0.5, 0.6) is 0 Å². The number of H-pyrrole nitrogens is 1. The minimum Gasteiger partial charge on any atom is -0.296 e. The van der Waals surface area contributed by atoms with Crippen molar-refractivity contribution >= 4 is 17.9 Å². The van der Waals surface area contributed by atoms with Crippen LogP contribution in [0.15, 0.2) is 24.3 Å². The second-order valence-corrected chi connectivity index (χ2v) is 3.12. The maximum atomic E-state index is 10.6. The molecule has 1 aromatic heterocycles. The monoisotopic (exact) mass is 207 g/mol. The maximum absolute atomic E-state index is 10.6. The van der Waals surface area contributed by atoms with Crippen molar-refractivity contribution in [3.63, 3.8) is 0 Å². The SMILES string of the molecule is O=Cc1n[nH]nc1-c1ccc(Cl)cc1. The molecular weight excluding hydrogens is 202 g/mol. The lowest BCUT2D eigenvalue weighted by atomic mass is 10.1. The van der Waals surface area contributed by atoms with Gasteiger partial charge in [0.1, 0.15) is 5.69 Å². The van der Waals surface area contributed by atoms with Gasteiger partial charge in [-0.15, -0.1) is 0 Å². The van der Waals surface area contributed by atoms with Crippen LogP contribution in [0.4, 0.5) is 0 Å². The molecule has 0 saturated carbocycles. The highest BCUT2D eigenvalue weighted by atomic mass is 35.5. The number of hydrogen-bond acceptors (Lipinski definition) is 3. The Hall–Kier alpha value is -1.68. The molecule has 4 nitrogen and oxygen atoms in total. The van der Waals surface area contributed by atoms with Crippen LogP contribution in [0.25, 0.3) is 11.3 Å². The first-order valence-corrected chi connectivity index (χ1v) is 4.31. The fraction of sp³-hybridized carbons (Fsp3) is 0. The lowest BCUT2D eigenvalue weighted by molar-refractivity contribution is 0.111. The third-order valence-electron chi connectivity index (χ3n) is 1.80. The zero-order valence-electron chi connectivity index (χ0n) is 7.07. The van der Waals surface area contributed by atoms with E-state index < -0.39 is 0 Å². The van der Waals surface area contributed by atoms with Crippen molar-refractivity contribution in [1.29, 1.82) is 0 Å². The summed E-state index contributed by atoms with van der Waals surface area (Å²) in [4.78, 5) is 10.6. The van der Waals surface area contributed by atoms with Crippen molar-refractivity contribution in [1.82, 2.24) is 15.4 Å². The smallest absolute Gasteiger partial charge is 0.172 e. The summed E-state index contributed by atoms with van der Waals surface area (Å²) in [7, 11) is 0. The Bertz CT molecular complexity index is 449. The molecule has 1 aromatic carbocycles. The Balaban J connectivity index is 2.49. The van der Waals surface area contributed by atoms with Crippen molar-refractivity contribution in [2.75, 3.05) is 0 Å². The molecule has 0 atom stereocenters. The van der Waals surface area contributed by atoms with Gasteiger partial charge < -0.3 is 0 Å². The fourth-order valence-electron chi connectivity index (χ4n) is 1.14. The molecular formula is C9H6ClN3O. The van der Waals surface area contributed by atoms with Gasteiger partial charge in [0, 0.05) is 10.6 Å². The van der Waals surface area contributed by atoms with Crippen LogP contribution in [0.2, 0.25) is 5.02 Å². The van der Waals surface area contributed by atoms with E-state index >= 15 is 0 Å². The molecule has 0 spiro atoms. The molecule has 0 radical (unpaired) electrons. The van der Waals surface area contributed by atoms with E-state index in [1.807, 2.05) is 0 Å². The van der Waals surface area contributed by atoms with Crippen molar-refractivity contribution in [3.05, 3.63) is 35.0 Å². The number of aromatic nitrogens is 3. The first-order valence-electron chi connectivity index (χ1n) is 3.93. The van der Waals surface area contributed by atoms with Gasteiger partial charge in [-0.2, -0.15) is 15.4 Å².